The first kappa shape index (κ1) is 5.97. The molecule has 3 N–H and O–H groups in total. The number of allylic oxidation sites excluding steroid dienone is 1. The molecule has 0 amide bonds. The Labute approximate surface area is 52.5 Å². The van der Waals surface area contributed by atoms with Crippen LogP contribution < -0.4 is 11.1 Å². The summed E-state index contributed by atoms with van der Waals surface area (Å²) in [5.74, 6) is -1.23. The Morgan fingerprint density at radius 3 is 2.89 bits per heavy atom. The molecule has 4 nitrogen and oxygen atoms in total. The summed E-state index contributed by atoms with van der Waals surface area (Å²) >= 11 is 0. The van der Waals surface area contributed by atoms with Gasteiger partial charge in [0.25, 0.3) is 0 Å². The third-order valence-electron chi connectivity index (χ3n) is 0.965. The number of aliphatic imine (C=N–C) groups is 1. The molecule has 0 saturated heterocycles. The minimum atomic E-state index is -1.23. The van der Waals surface area contributed by atoms with Crippen LogP contribution in [0.4, 0.5) is 0 Å². The molecule has 0 saturated carbocycles. The Morgan fingerprint density at radius 1 is 1.78 bits per heavy atom. The fourth-order valence-corrected chi connectivity index (χ4v) is 0.493. The van der Waals surface area contributed by atoms with Gasteiger partial charge in [-0.1, -0.05) is 0 Å². The van der Waals surface area contributed by atoms with Gasteiger partial charge in [-0.05, 0) is 6.08 Å². The molecule has 1 rings (SSSR count). The van der Waals surface area contributed by atoms with Crippen LogP contribution in [0, 0.1) is 0 Å². The summed E-state index contributed by atoms with van der Waals surface area (Å²) in [6.45, 7) is 0. The third-order valence-corrected chi connectivity index (χ3v) is 0.965. The van der Waals surface area contributed by atoms with E-state index in [0.29, 0.717) is 6.29 Å². The Balaban J connectivity index is 2.73. The molecule has 0 bridgehead atoms. The number of nitrogens with one attached hydrogen (secondary N) is 1. The Kier molecular flexibility index (Phi) is 1.32. The van der Waals surface area contributed by atoms with Gasteiger partial charge in [-0.15, -0.1) is 0 Å². The number of nitrogens with two attached hydrogens (primary N) is 1. The standard InChI is InChI=1S/C5H7N3O/c6-5(4-9)7-2-1-3-8-5/h1-4,7H,6H2. The van der Waals surface area contributed by atoms with Crippen molar-refractivity contribution in [2.24, 2.45) is 10.7 Å². The Morgan fingerprint density at radius 2 is 2.56 bits per heavy atom. The van der Waals surface area contributed by atoms with E-state index in [4.69, 9.17) is 5.73 Å². The maximum absolute atomic E-state index is 10.1. The van der Waals surface area contributed by atoms with Gasteiger partial charge in [0, 0.05) is 12.4 Å². The monoisotopic (exact) mass is 125 g/mol. The lowest BCUT2D eigenvalue weighted by molar-refractivity contribution is -0.112. The van der Waals surface area contributed by atoms with Gasteiger partial charge in [0.2, 0.25) is 5.79 Å². The lowest BCUT2D eigenvalue weighted by Gasteiger charge is -2.19. The highest BCUT2D eigenvalue weighted by molar-refractivity contribution is 5.77. The van der Waals surface area contributed by atoms with E-state index >= 15 is 0 Å². The summed E-state index contributed by atoms with van der Waals surface area (Å²) < 4.78 is 0. The molecule has 0 aromatic carbocycles. The lowest BCUT2D eigenvalue weighted by Crippen LogP contribution is -2.52. The number of hydrogen-bond acceptors (Lipinski definition) is 4. The number of carbonyl (C=O) groups excluding carboxylic acids is 1. The van der Waals surface area contributed by atoms with Crippen molar-refractivity contribution in [1.82, 2.24) is 5.32 Å². The molecule has 4 heteroatoms. The first-order valence-electron chi connectivity index (χ1n) is 2.50. The van der Waals surface area contributed by atoms with Crippen LogP contribution in [0.15, 0.2) is 17.3 Å². The number of rotatable bonds is 1. The molecule has 9 heavy (non-hydrogen) atoms. The third kappa shape index (κ3) is 1.14. The highest BCUT2D eigenvalue weighted by atomic mass is 16.1. The summed E-state index contributed by atoms with van der Waals surface area (Å²) in [6.07, 6.45) is 5.26. The second kappa shape index (κ2) is 1.99. The van der Waals surface area contributed by atoms with Crippen molar-refractivity contribution in [3.05, 3.63) is 12.3 Å². The van der Waals surface area contributed by atoms with Crippen molar-refractivity contribution in [2.45, 2.75) is 5.79 Å². The normalized spacial score (nSPS) is 31.7. The van der Waals surface area contributed by atoms with Crippen molar-refractivity contribution >= 4 is 12.5 Å². The molecule has 1 aliphatic rings. The van der Waals surface area contributed by atoms with Crippen LogP contribution in [0.1, 0.15) is 0 Å². The number of carbonyl (C=O) groups is 1. The predicted octanol–water partition coefficient (Wildman–Crippen LogP) is -1.01. The molecule has 0 aromatic rings. The van der Waals surface area contributed by atoms with Gasteiger partial charge in [0.05, 0.1) is 0 Å². The SMILES string of the molecule is NC1(C=O)N=CC=CN1. The minimum Gasteiger partial charge on any atom is -0.349 e. The molecule has 0 aromatic heterocycles. The van der Waals surface area contributed by atoms with Crippen LogP contribution in [0.5, 0.6) is 0 Å². The summed E-state index contributed by atoms with van der Waals surface area (Å²) in [4.78, 5) is 13.8. The minimum absolute atomic E-state index is 0.549. The second-order valence-electron chi connectivity index (χ2n) is 1.72. The van der Waals surface area contributed by atoms with Gasteiger partial charge in [-0.25, -0.2) is 4.99 Å². The average Bonchev–Trinajstić information content (AvgIpc) is 1.90. The van der Waals surface area contributed by atoms with E-state index in [2.05, 4.69) is 10.3 Å². The van der Waals surface area contributed by atoms with Gasteiger partial charge >= 0.3 is 0 Å². The molecular formula is C5H7N3O. The molecule has 0 fully saturated rings. The predicted molar refractivity (Wildman–Crippen MR) is 33.8 cm³/mol. The van der Waals surface area contributed by atoms with Crippen LogP contribution in [0.2, 0.25) is 0 Å². The summed E-state index contributed by atoms with van der Waals surface area (Å²) in [5, 5.41) is 2.58. The van der Waals surface area contributed by atoms with Crippen LogP contribution in [0.25, 0.3) is 0 Å². The smallest absolute Gasteiger partial charge is 0.239 e. The summed E-state index contributed by atoms with van der Waals surface area (Å²) in [5.41, 5.74) is 5.33. The Hall–Kier alpha value is -1.16. The van der Waals surface area contributed by atoms with Gasteiger partial charge in [0.1, 0.15) is 0 Å². The van der Waals surface area contributed by atoms with E-state index < -0.39 is 5.79 Å². The van der Waals surface area contributed by atoms with E-state index in [1.54, 1.807) is 12.3 Å². The molecule has 1 unspecified atom stereocenters. The quantitative estimate of drug-likeness (QED) is 0.441. The van der Waals surface area contributed by atoms with Gasteiger partial charge in [-0.3, -0.25) is 10.5 Å². The van der Waals surface area contributed by atoms with Gasteiger partial charge < -0.3 is 5.32 Å². The molecule has 0 spiro atoms. The molecule has 0 aliphatic carbocycles. The van der Waals surface area contributed by atoms with Gasteiger partial charge in [-0.2, -0.15) is 0 Å². The van der Waals surface area contributed by atoms with Crippen molar-refractivity contribution in [1.29, 1.82) is 0 Å². The van der Waals surface area contributed by atoms with Crippen LogP contribution in [-0.4, -0.2) is 18.3 Å². The number of nitrogens with zero attached hydrogens (tertiary/aromatic N) is 1. The van der Waals surface area contributed by atoms with Gasteiger partial charge in [0.15, 0.2) is 6.29 Å². The van der Waals surface area contributed by atoms with Crippen LogP contribution in [0.3, 0.4) is 0 Å². The fourth-order valence-electron chi connectivity index (χ4n) is 0.493. The zero-order chi connectivity index (χ0) is 6.74. The largest absolute Gasteiger partial charge is 0.349 e. The van der Waals surface area contributed by atoms with E-state index in [1.807, 2.05) is 0 Å². The maximum atomic E-state index is 10.1. The van der Waals surface area contributed by atoms with E-state index in [1.165, 1.54) is 6.21 Å². The van der Waals surface area contributed by atoms with Crippen molar-refractivity contribution in [3.63, 3.8) is 0 Å². The fraction of sp³-hybridized carbons (Fsp3) is 0.200. The zero-order valence-electron chi connectivity index (χ0n) is 4.74. The van der Waals surface area contributed by atoms with Crippen molar-refractivity contribution < 1.29 is 4.79 Å². The van der Waals surface area contributed by atoms with Crippen LogP contribution in [-0.2, 0) is 4.79 Å². The van der Waals surface area contributed by atoms with E-state index in [-0.39, 0.29) is 0 Å². The molecule has 48 valence electrons. The summed E-state index contributed by atoms with van der Waals surface area (Å²) in [7, 11) is 0. The molecule has 1 aliphatic heterocycles. The van der Waals surface area contributed by atoms with Crippen LogP contribution >= 0.6 is 0 Å². The molecule has 1 atom stereocenters. The lowest BCUT2D eigenvalue weighted by atomic mass is 10.4. The van der Waals surface area contributed by atoms with E-state index in [0.717, 1.165) is 0 Å². The topological polar surface area (TPSA) is 67.5 Å². The highest BCUT2D eigenvalue weighted by Crippen LogP contribution is 1.95. The first-order chi connectivity index (χ1) is 4.27. The van der Waals surface area contributed by atoms with Crippen molar-refractivity contribution in [3.8, 4) is 0 Å². The number of hydrogen-bond donors (Lipinski definition) is 2. The van der Waals surface area contributed by atoms with E-state index in [9.17, 15) is 4.79 Å². The van der Waals surface area contributed by atoms with Crippen molar-refractivity contribution in [2.75, 3.05) is 0 Å². The highest BCUT2D eigenvalue weighted by Gasteiger charge is 2.20. The zero-order valence-corrected chi connectivity index (χ0v) is 4.74. The average molecular weight is 125 g/mol. The first-order valence-corrected chi connectivity index (χ1v) is 2.50. The second-order valence-corrected chi connectivity index (χ2v) is 1.72. The number of aldehydes is 1. The Bertz CT molecular complexity index is 175. The molecule has 1 heterocycles. The maximum Gasteiger partial charge on any atom is 0.239 e. The molecular weight excluding hydrogens is 118 g/mol. The molecule has 0 radical (unpaired) electrons. The summed E-state index contributed by atoms with van der Waals surface area (Å²) in [6, 6.07) is 0.